The summed E-state index contributed by atoms with van der Waals surface area (Å²) in [7, 11) is 0. The summed E-state index contributed by atoms with van der Waals surface area (Å²) in [6.07, 6.45) is 0. The fourth-order valence-electron chi connectivity index (χ4n) is 3.40. The first-order valence-electron chi connectivity index (χ1n) is 8.88. The van der Waals surface area contributed by atoms with E-state index in [4.69, 9.17) is 0 Å². The first-order chi connectivity index (χ1) is 14.4. The van der Waals surface area contributed by atoms with E-state index >= 15 is 0 Å². The van der Waals surface area contributed by atoms with Gasteiger partial charge in [-0.1, -0.05) is 18.2 Å². The summed E-state index contributed by atoms with van der Waals surface area (Å²) in [5, 5.41) is 12.6. The molecule has 1 amide bonds. The lowest BCUT2D eigenvalue weighted by Crippen LogP contribution is -2.28. The minimum absolute atomic E-state index is 0.0961. The first-order valence-corrected chi connectivity index (χ1v) is 9.76. The van der Waals surface area contributed by atoms with E-state index in [2.05, 4.69) is 0 Å². The number of likely N-dealkylation sites (tertiary alicyclic amines) is 1. The Morgan fingerprint density at radius 1 is 1.00 bits per heavy atom. The van der Waals surface area contributed by atoms with Gasteiger partial charge in [0.2, 0.25) is 0 Å². The summed E-state index contributed by atoms with van der Waals surface area (Å²) in [4.78, 5) is 27.7. The third-order valence-electron chi connectivity index (χ3n) is 4.83. The third kappa shape index (κ3) is 3.50. The van der Waals surface area contributed by atoms with Crippen LogP contribution in [0.4, 0.5) is 13.2 Å². The number of ketones is 1. The molecule has 0 bridgehead atoms. The molecule has 1 atom stereocenters. The number of amides is 1. The Morgan fingerprint density at radius 2 is 1.73 bits per heavy atom. The largest absolute Gasteiger partial charge is 0.507 e. The van der Waals surface area contributed by atoms with Gasteiger partial charge in [-0.3, -0.25) is 9.59 Å². The van der Waals surface area contributed by atoms with Gasteiger partial charge in [-0.2, -0.15) is 0 Å². The van der Waals surface area contributed by atoms with Crippen LogP contribution in [0.25, 0.3) is 5.76 Å². The number of Topliss-reactive ketones (excluding diaryl/α,β-unsaturated/α-hetero) is 1. The summed E-state index contributed by atoms with van der Waals surface area (Å²) in [5.41, 5.74) is -0.0133. The van der Waals surface area contributed by atoms with Crippen LogP contribution >= 0.6 is 11.3 Å². The molecule has 1 unspecified atom stereocenters. The minimum atomic E-state index is -1.20. The predicted octanol–water partition coefficient (Wildman–Crippen LogP) is 4.79. The Bertz CT molecular complexity index is 1160. The highest BCUT2D eigenvalue weighted by atomic mass is 32.1. The summed E-state index contributed by atoms with van der Waals surface area (Å²) in [5.74, 6) is -5.25. The average molecular weight is 429 g/mol. The molecule has 1 N–H and O–H groups in total. The topological polar surface area (TPSA) is 57.6 Å². The predicted molar refractivity (Wildman–Crippen MR) is 105 cm³/mol. The van der Waals surface area contributed by atoms with Crippen molar-refractivity contribution < 1.29 is 27.9 Å². The molecular formula is C22H14F3NO3S. The maximum absolute atomic E-state index is 13.7. The van der Waals surface area contributed by atoms with Gasteiger partial charge in [0, 0.05) is 10.4 Å². The van der Waals surface area contributed by atoms with Crippen LogP contribution in [0, 0.1) is 17.5 Å². The van der Waals surface area contributed by atoms with E-state index in [1.807, 2.05) is 5.38 Å². The molecule has 1 aliphatic heterocycles. The zero-order valence-corrected chi connectivity index (χ0v) is 16.1. The van der Waals surface area contributed by atoms with E-state index in [0.717, 1.165) is 23.1 Å². The second kappa shape index (κ2) is 7.79. The number of nitrogens with zero attached hydrogens (tertiary/aromatic N) is 1. The van der Waals surface area contributed by atoms with Crippen molar-refractivity contribution in [3.63, 3.8) is 0 Å². The van der Waals surface area contributed by atoms with Crippen LogP contribution in [0.3, 0.4) is 0 Å². The molecule has 0 spiro atoms. The van der Waals surface area contributed by atoms with Crippen molar-refractivity contribution in [3.05, 3.63) is 99.0 Å². The number of halogens is 3. The van der Waals surface area contributed by atoms with Crippen molar-refractivity contribution >= 4 is 28.8 Å². The lowest BCUT2D eigenvalue weighted by Gasteiger charge is -2.25. The molecule has 2 heterocycles. The second-order valence-electron chi connectivity index (χ2n) is 6.69. The maximum atomic E-state index is 13.7. The van der Waals surface area contributed by atoms with Gasteiger partial charge in [0.15, 0.2) is 11.6 Å². The van der Waals surface area contributed by atoms with Crippen LogP contribution in [-0.4, -0.2) is 21.7 Å². The Morgan fingerprint density at radius 3 is 2.37 bits per heavy atom. The van der Waals surface area contributed by atoms with Gasteiger partial charge < -0.3 is 10.0 Å². The number of hydrogen-bond donors (Lipinski definition) is 1. The van der Waals surface area contributed by atoms with Gasteiger partial charge in [0.05, 0.1) is 18.2 Å². The van der Waals surface area contributed by atoms with Gasteiger partial charge in [0.1, 0.15) is 11.6 Å². The van der Waals surface area contributed by atoms with Crippen LogP contribution in [-0.2, 0) is 16.1 Å². The fraction of sp³-hybridized carbons (Fsp3) is 0.0909. The minimum Gasteiger partial charge on any atom is -0.507 e. The van der Waals surface area contributed by atoms with Crippen LogP contribution < -0.4 is 0 Å². The summed E-state index contributed by atoms with van der Waals surface area (Å²) < 4.78 is 40.4. The number of benzene rings is 2. The Hall–Kier alpha value is -3.39. The standard InChI is InChI=1S/C22H14F3NO3S/c23-14-6-3-12(4-7-14)19-18(20(27)13-5-8-16(24)17(25)10-13)21(28)22(29)26(19)11-15-2-1-9-30-15/h1-10,19,27H,11H2/b20-18+. The first kappa shape index (κ1) is 19.9. The molecule has 1 saturated heterocycles. The number of hydrogen-bond acceptors (Lipinski definition) is 4. The number of aliphatic hydroxyl groups is 1. The molecule has 0 radical (unpaired) electrons. The van der Waals surface area contributed by atoms with Crippen molar-refractivity contribution in [2.45, 2.75) is 12.6 Å². The number of thiophene rings is 1. The highest BCUT2D eigenvalue weighted by Gasteiger charge is 2.46. The molecule has 4 rings (SSSR count). The lowest BCUT2D eigenvalue weighted by molar-refractivity contribution is -0.140. The maximum Gasteiger partial charge on any atom is 0.295 e. The summed E-state index contributed by atoms with van der Waals surface area (Å²) >= 11 is 1.39. The van der Waals surface area contributed by atoms with Gasteiger partial charge in [-0.25, -0.2) is 13.2 Å². The van der Waals surface area contributed by atoms with E-state index in [-0.39, 0.29) is 17.7 Å². The Kier molecular flexibility index (Phi) is 5.17. The molecule has 0 aliphatic carbocycles. The Balaban J connectivity index is 1.87. The monoisotopic (exact) mass is 429 g/mol. The highest BCUT2D eigenvalue weighted by Crippen LogP contribution is 2.40. The van der Waals surface area contributed by atoms with Gasteiger partial charge in [-0.05, 0) is 47.3 Å². The molecule has 2 aromatic carbocycles. The molecule has 8 heteroatoms. The van der Waals surface area contributed by atoms with E-state index in [1.165, 1.54) is 40.5 Å². The van der Waals surface area contributed by atoms with Crippen molar-refractivity contribution in [1.82, 2.24) is 4.90 Å². The number of rotatable bonds is 4. The van der Waals surface area contributed by atoms with Gasteiger partial charge >= 0.3 is 0 Å². The fourth-order valence-corrected chi connectivity index (χ4v) is 4.11. The molecule has 0 saturated carbocycles. The van der Waals surface area contributed by atoms with Crippen molar-refractivity contribution in [1.29, 1.82) is 0 Å². The number of carbonyl (C=O) groups excluding carboxylic acids is 2. The summed E-state index contributed by atoms with van der Waals surface area (Å²) in [6, 6.07) is 10.4. The van der Waals surface area contributed by atoms with Gasteiger partial charge in [0.25, 0.3) is 11.7 Å². The van der Waals surface area contributed by atoms with E-state index in [0.29, 0.717) is 5.56 Å². The highest BCUT2D eigenvalue weighted by molar-refractivity contribution is 7.09. The Labute approximate surface area is 173 Å². The molecule has 4 nitrogen and oxygen atoms in total. The normalized spacial score (nSPS) is 18.2. The number of carbonyl (C=O) groups is 2. The molecule has 1 aromatic heterocycles. The molecule has 1 fully saturated rings. The van der Waals surface area contributed by atoms with E-state index in [1.54, 1.807) is 12.1 Å². The average Bonchev–Trinajstić information content (AvgIpc) is 3.33. The van der Waals surface area contributed by atoms with Crippen LogP contribution in [0.15, 0.2) is 65.6 Å². The van der Waals surface area contributed by atoms with Crippen LogP contribution in [0.1, 0.15) is 22.0 Å². The lowest BCUT2D eigenvalue weighted by atomic mass is 9.95. The van der Waals surface area contributed by atoms with Crippen molar-refractivity contribution in [2.75, 3.05) is 0 Å². The smallest absolute Gasteiger partial charge is 0.295 e. The van der Waals surface area contributed by atoms with Crippen molar-refractivity contribution in [3.8, 4) is 0 Å². The molecule has 3 aromatic rings. The van der Waals surface area contributed by atoms with Crippen LogP contribution in [0.5, 0.6) is 0 Å². The number of aliphatic hydroxyl groups excluding tert-OH is 1. The zero-order valence-electron chi connectivity index (χ0n) is 15.3. The quantitative estimate of drug-likeness (QED) is 0.369. The summed E-state index contributed by atoms with van der Waals surface area (Å²) in [6.45, 7) is 0.0961. The van der Waals surface area contributed by atoms with Crippen LogP contribution in [0.2, 0.25) is 0 Å². The zero-order chi connectivity index (χ0) is 21.4. The van der Waals surface area contributed by atoms with Crippen molar-refractivity contribution in [2.24, 2.45) is 0 Å². The third-order valence-corrected chi connectivity index (χ3v) is 5.69. The van der Waals surface area contributed by atoms with Gasteiger partial charge in [-0.15, -0.1) is 11.3 Å². The molecule has 1 aliphatic rings. The SMILES string of the molecule is O=C1C(=O)N(Cc2cccs2)C(c2ccc(F)cc2)/C1=C(\O)c1ccc(F)c(F)c1. The van der Waals surface area contributed by atoms with E-state index < -0.39 is 40.9 Å². The molecular weight excluding hydrogens is 415 g/mol. The van der Waals surface area contributed by atoms with E-state index in [9.17, 15) is 27.9 Å². The molecule has 30 heavy (non-hydrogen) atoms. The second-order valence-corrected chi connectivity index (χ2v) is 7.72. The molecule has 152 valence electrons.